The lowest BCUT2D eigenvalue weighted by Crippen LogP contribution is -2.27. The highest BCUT2D eigenvalue weighted by molar-refractivity contribution is 5.87. The SMILES string of the molecule is CCNC(=O)CCNCc1ccc(C(=O)OC)[nH]1. The van der Waals surface area contributed by atoms with Gasteiger partial charge in [0, 0.05) is 31.7 Å². The summed E-state index contributed by atoms with van der Waals surface area (Å²) in [5.74, 6) is -0.352. The maximum absolute atomic E-state index is 11.2. The van der Waals surface area contributed by atoms with E-state index in [4.69, 9.17) is 0 Å². The molecule has 0 unspecified atom stereocenters. The summed E-state index contributed by atoms with van der Waals surface area (Å²) in [7, 11) is 1.34. The Kier molecular flexibility index (Phi) is 5.93. The van der Waals surface area contributed by atoms with Crippen LogP contribution in [0.5, 0.6) is 0 Å². The minimum atomic E-state index is -0.386. The Balaban J connectivity index is 2.25. The van der Waals surface area contributed by atoms with Crippen LogP contribution in [-0.2, 0) is 16.1 Å². The van der Waals surface area contributed by atoms with Crippen LogP contribution in [0.15, 0.2) is 12.1 Å². The predicted molar refractivity (Wildman–Crippen MR) is 67.1 cm³/mol. The van der Waals surface area contributed by atoms with E-state index in [1.165, 1.54) is 7.11 Å². The number of amides is 1. The number of methoxy groups -OCH3 is 1. The second-order valence-electron chi connectivity index (χ2n) is 3.77. The molecule has 0 bridgehead atoms. The average molecular weight is 253 g/mol. The molecule has 3 N–H and O–H groups in total. The summed E-state index contributed by atoms with van der Waals surface area (Å²) in [6.07, 6.45) is 0.443. The molecule has 0 aromatic carbocycles. The van der Waals surface area contributed by atoms with E-state index in [0.717, 1.165) is 5.69 Å². The number of rotatable bonds is 7. The zero-order valence-electron chi connectivity index (χ0n) is 10.7. The summed E-state index contributed by atoms with van der Waals surface area (Å²) in [6, 6.07) is 3.48. The Hall–Kier alpha value is -1.82. The molecule has 0 saturated carbocycles. The molecule has 0 aliphatic carbocycles. The first-order chi connectivity index (χ1) is 8.67. The van der Waals surface area contributed by atoms with E-state index in [1.54, 1.807) is 6.07 Å². The summed E-state index contributed by atoms with van der Waals surface area (Å²) in [4.78, 5) is 25.3. The van der Waals surface area contributed by atoms with Crippen LogP contribution >= 0.6 is 0 Å². The van der Waals surface area contributed by atoms with Crippen molar-refractivity contribution < 1.29 is 14.3 Å². The number of hydrogen-bond donors (Lipinski definition) is 3. The zero-order chi connectivity index (χ0) is 13.4. The van der Waals surface area contributed by atoms with Gasteiger partial charge in [-0.3, -0.25) is 4.79 Å². The lowest BCUT2D eigenvalue weighted by molar-refractivity contribution is -0.120. The molecule has 0 aliphatic rings. The molecule has 1 aromatic heterocycles. The van der Waals surface area contributed by atoms with Crippen molar-refractivity contribution >= 4 is 11.9 Å². The molecular formula is C12H19N3O3. The Morgan fingerprint density at radius 3 is 2.83 bits per heavy atom. The fourth-order valence-corrected chi connectivity index (χ4v) is 1.48. The number of carbonyl (C=O) groups is 2. The van der Waals surface area contributed by atoms with Crippen LogP contribution in [0.2, 0.25) is 0 Å². The first-order valence-corrected chi connectivity index (χ1v) is 5.91. The lowest BCUT2D eigenvalue weighted by Gasteiger charge is -2.03. The van der Waals surface area contributed by atoms with Gasteiger partial charge in [0.1, 0.15) is 5.69 Å². The Labute approximate surface area is 106 Å². The van der Waals surface area contributed by atoms with E-state index in [-0.39, 0.29) is 11.9 Å². The van der Waals surface area contributed by atoms with Crippen LogP contribution in [0.1, 0.15) is 29.5 Å². The maximum atomic E-state index is 11.2. The van der Waals surface area contributed by atoms with Crippen LogP contribution in [0, 0.1) is 0 Å². The molecule has 18 heavy (non-hydrogen) atoms. The lowest BCUT2D eigenvalue weighted by atomic mass is 10.3. The highest BCUT2D eigenvalue weighted by Gasteiger charge is 2.07. The number of nitrogens with one attached hydrogen (secondary N) is 3. The summed E-state index contributed by atoms with van der Waals surface area (Å²) >= 11 is 0. The number of esters is 1. The number of hydrogen-bond acceptors (Lipinski definition) is 4. The number of carbonyl (C=O) groups excluding carboxylic acids is 2. The van der Waals surface area contributed by atoms with Crippen molar-refractivity contribution in [1.29, 1.82) is 0 Å². The summed E-state index contributed by atoms with van der Waals surface area (Å²) in [6.45, 7) is 3.71. The molecule has 0 fully saturated rings. The largest absolute Gasteiger partial charge is 0.464 e. The third-order valence-corrected chi connectivity index (χ3v) is 2.37. The van der Waals surface area contributed by atoms with Gasteiger partial charge in [-0.15, -0.1) is 0 Å². The molecule has 1 rings (SSSR count). The van der Waals surface area contributed by atoms with Crippen molar-refractivity contribution in [3.8, 4) is 0 Å². The van der Waals surface area contributed by atoms with Gasteiger partial charge in [-0.25, -0.2) is 4.79 Å². The molecule has 0 spiro atoms. The van der Waals surface area contributed by atoms with Gasteiger partial charge in [0.2, 0.25) is 5.91 Å². The standard InChI is InChI=1S/C12H19N3O3/c1-3-14-11(16)6-7-13-8-9-4-5-10(15-9)12(17)18-2/h4-5,13,15H,3,6-8H2,1-2H3,(H,14,16). The van der Waals surface area contributed by atoms with Crippen LogP contribution in [0.25, 0.3) is 0 Å². The van der Waals surface area contributed by atoms with Gasteiger partial charge >= 0.3 is 5.97 Å². The van der Waals surface area contributed by atoms with Crippen molar-refractivity contribution in [3.63, 3.8) is 0 Å². The zero-order valence-corrected chi connectivity index (χ0v) is 10.7. The third-order valence-electron chi connectivity index (χ3n) is 2.37. The Morgan fingerprint density at radius 2 is 2.17 bits per heavy atom. The van der Waals surface area contributed by atoms with E-state index in [2.05, 4.69) is 20.4 Å². The van der Waals surface area contributed by atoms with Gasteiger partial charge in [-0.2, -0.15) is 0 Å². The van der Waals surface area contributed by atoms with Crippen LogP contribution < -0.4 is 10.6 Å². The molecule has 0 atom stereocenters. The molecule has 0 aliphatic heterocycles. The maximum Gasteiger partial charge on any atom is 0.354 e. The minimum Gasteiger partial charge on any atom is -0.464 e. The predicted octanol–water partition coefficient (Wildman–Crippen LogP) is 0.417. The van der Waals surface area contributed by atoms with Gasteiger partial charge in [-0.1, -0.05) is 0 Å². The van der Waals surface area contributed by atoms with Crippen LogP contribution in [0.3, 0.4) is 0 Å². The summed E-state index contributed by atoms with van der Waals surface area (Å²) in [5.41, 5.74) is 1.31. The van der Waals surface area contributed by atoms with E-state index < -0.39 is 0 Å². The van der Waals surface area contributed by atoms with Crippen molar-refractivity contribution in [2.45, 2.75) is 19.9 Å². The van der Waals surface area contributed by atoms with Gasteiger partial charge < -0.3 is 20.4 Å². The van der Waals surface area contributed by atoms with Crippen LogP contribution in [-0.4, -0.2) is 37.1 Å². The van der Waals surface area contributed by atoms with Gasteiger partial charge in [0.15, 0.2) is 0 Å². The van der Waals surface area contributed by atoms with Gasteiger partial charge in [0.25, 0.3) is 0 Å². The second kappa shape index (κ2) is 7.50. The Bertz CT molecular complexity index is 401. The molecule has 1 aromatic rings. The highest BCUT2D eigenvalue weighted by atomic mass is 16.5. The fraction of sp³-hybridized carbons (Fsp3) is 0.500. The van der Waals surface area contributed by atoms with E-state index in [9.17, 15) is 9.59 Å². The van der Waals surface area contributed by atoms with E-state index in [1.807, 2.05) is 13.0 Å². The quantitative estimate of drug-likeness (QED) is 0.485. The third kappa shape index (κ3) is 4.58. The van der Waals surface area contributed by atoms with Crippen molar-refractivity contribution in [2.75, 3.05) is 20.2 Å². The first kappa shape index (κ1) is 14.2. The minimum absolute atomic E-state index is 0.0340. The molecule has 0 radical (unpaired) electrons. The van der Waals surface area contributed by atoms with E-state index >= 15 is 0 Å². The highest BCUT2D eigenvalue weighted by Crippen LogP contribution is 2.02. The number of H-pyrrole nitrogens is 1. The summed E-state index contributed by atoms with van der Waals surface area (Å²) < 4.78 is 4.59. The topological polar surface area (TPSA) is 83.2 Å². The monoisotopic (exact) mass is 253 g/mol. The second-order valence-corrected chi connectivity index (χ2v) is 3.77. The van der Waals surface area contributed by atoms with Crippen molar-refractivity contribution in [3.05, 3.63) is 23.5 Å². The fourth-order valence-electron chi connectivity index (χ4n) is 1.48. The van der Waals surface area contributed by atoms with Gasteiger partial charge in [0.05, 0.1) is 7.11 Å². The molecule has 6 nitrogen and oxygen atoms in total. The van der Waals surface area contributed by atoms with E-state index in [0.29, 0.717) is 31.7 Å². The molecule has 0 saturated heterocycles. The first-order valence-electron chi connectivity index (χ1n) is 5.91. The number of ether oxygens (including phenoxy) is 1. The van der Waals surface area contributed by atoms with Crippen LogP contribution in [0.4, 0.5) is 0 Å². The van der Waals surface area contributed by atoms with Crippen molar-refractivity contribution in [1.82, 2.24) is 15.6 Å². The van der Waals surface area contributed by atoms with Gasteiger partial charge in [-0.05, 0) is 19.1 Å². The average Bonchev–Trinajstić information content (AvgIpc) is 2.83. The number of aromatic nitrogens is 1. The molecular weight excluding hydrogens is 234 g/mol. The molecule has 100 valence electrons. The normalized spacial score (nSPS) is 10.1. The molecule has 6 heteroatoms. The number of aromatic amines is 1. The summed E-state index contributed by atoms with van der Waals surface area (Å²) in [5, 5.41) is 5.84. The molecule has 1 heterocycles. The Morgan fingerprint density at radius 1 is 1.39 bits per heavy atom. The molecule has 1 amide bonds. The van der Waals surface area contributed by atoms with Crippen molar-refractivity contribution in [2.24, 2.45) is 0 Å². The smallest absolute Gasteiger partial charge is 0.354 e.